The Morgan fingerprint density at radius 1 is 1.28 bits per heavy atom. The van der Waals surface area contributed by atoms with Crippen LogP contribution in [-0.4, -0.2) is 46.6 Å². The minimum absolute atomic E-state index is 0.105. The van der Waals surface area contributed by atoms with Crippen LogP contribution in [0.15, 0.2) is 48.1 Å². The van der Waals surface area contributed by atoms with Gasteiger partial charge in [-0.3, -0.25) is 9.36 Å². The Labute approximate surface area is 194 Å². The summed E-state index contributed by atoms with van der Waals surface area (Å²) in [5.41, 5.74) is 1.21. The number of amides is 1. The lowest BCUT2D eigenvalue weighted by molar-refractivity contribution is -0.113. The number of esters is 1. The summed E-state index contributed by atoms with van der Waals surface area (Å²) in [4.78, 5) is 25.6. The van der Waals surface area contributed by atoms with Gasteiger partial charge in [-0.15, -0.1) is 28.1 Å². The zero-order chi connectivity index (χ0) is 23.1. The third-order valence-electron chi connectivity index (χ3n) is 4.48. The van der Waals surface area contributed by atoms with Crippen LogP contribution in [0.4, 0.5) is 5.00 Å². The van der Waals surface area contributed by atoms with E-state index in [1.54, 1.807) is 19.3 Å². The highest BCUT2D eigenvalue weighted by Crippen LogP contribution is 2.30. The molecule has 32 heavy (non-hydrogen) atoms. The maximum Gasteiger partial charge on any atom is 0.340 e. The number of aromatic nitrogens is 3. The van der Waals surface area contributed by atoms with E-state index in [4.69, 9.17) is 9.47 Å². The van der Waals surface area contributed by atoms with Gasteiger partial charge in [0.15, 0.2) is 11.0 Å². The number of allylic oxidation sites excluding steroid dienone is 1. The van der Waals surface area contributed by atoms with E-state index in [2.05, 4.69) is 22.1 Å². The topological polar surface area (TPSA) is 95.3 Å². The second-order valence-electron chi connectivity index (χ2n) is 6.57. The van der Waals surface area contributed by atoms with Gasteiger partial charge in [0, 0.05) is 17.0 Å². The molecule has 0 atom stereocenters. The molecule has 0 saturated heterocycles. The second kappa shape index (κ2) is 11.0. The molecule has 8 nitrogen and oxygen atoms in total. The van der Waals surface area contributed by atoms with Crippen molar-refractivity contribution in [2.24, 2.45) is 0 Å². The summed E-state index contributed by atoms with van der Waals surface area (Å²) in [7, 11) is 2.93. The first-order chi connectivity index (χ1) is 15.5. The van der Waals surface area contributed by atoms with Crippen molar-refractivity contribution < 1.29 is 19.1 Å². The van der Waals surface area contributed by atoms with Crippen LogP contribution in [-0.2, 0) is 22.5 Å². The van der Waals surface area contributed by atoms with Gasteiger partial charge < -0.3 is 14.8 Å². The highest BCUT2D eigenvalue weighted by Gasteiger charge is 2.19. The Hall–Kier alpha value is -3.11. The number of nitrogens with one attached hydrogen (secondary N) is 1. The summed E-state index contributed by atoms with van der Waals surface area (Å²) in [5.74, 6) is 0.754. The van der Waals surface area contributed by atoms with Gasteiger partial charge in [-0.2, -0.15) is 0 Å². The predicted molar refractivity (Wildman–Crippen MR) is 127 cm³/mol. The van der Waals surface area contributed by atoms with E-state index in [9.17, 15) is 9.59 Å². The summed E-state index contributed by atoms with van der Waals surface area (Å²) < 4.78 is 12.0. The predicted octanol–water partition coefficient (Wildman–Crippen LogP) is 4.28. The van der Waals surface area contributed by atoms with Crippen LogP contribution >= 0.6 is 23.1 Å². The minimum Gasteiger partial charge on any atom is -0.497 e. The lowest BCUT2D eigenvalue weighted by Gasteiger charge is -2.09. The maximum atomic E-state index is 12.6. The van der Waals surface area contributed by atoms with Crippen molar-refractivity contribution in [2.75, 3.05) is 25.3 Å². The molecule has 2 aromatic heterocycles. The zero-order valence-electron chi connectivity index (χ0n) is 18.1. The number of thiophene rings is 1. The van der Waals surface area contributed by atoms with E-state index in [-0.39, 0.29) is 11.7 Å². The molecule has 0 radical (unpaired) electrons. The molecule has 3 rings (SSSR count). The first-order valence-corrected chi connectivity index (χ1v) is 11.6. The first kappa shape index (κ1) is 23.6. The number of methoxy groups -OCH3 is 2. The number of hydrogen-bond donors (Lipinski definition) is 1. The normalized spacial score (nSPS) is 10.6. The van der Waals surface area contributed by atoms with Crippen LogP contribution in [0.2, 0.25) is 0 Å². The number of nitrogens with zero attached hydrogens (tertiary/aromatic N) is 3. The molecule has 0 aliphatic heterocycles. The Morgan fingerprint density at radius 3 is 2.78 bits per heavy atom. The average molecular weight is 473 g/mol. The number of carbonyl (C=O) groups is 2. The van der Waals surface area contributed by atoms with Crippen LogP contribution in [0.1, 0.15) is 22.2 Å². The Bertz CT molecular complexity index is 1120. The smallest absolute Gasteiger partial charge is 0.340 e. The molecule has 3 aromatic rings. The standard InChI is InChI=1S/C22H24N4O4S2/c1-5-10-26-19(14-8-7-9-15(11-14)29-3)24-25-22(26)31-13-18(27)23-20-17(21(28)30-4)12-16(6-2)32-20/h5,7-9,11-12H,1,6,10,13H2,2-4H3,(H,23,27). The van der Waals surface area contributed by atoms with Crippen molar-refractivity contribution in [3.8, 4) is 17.1 Å². The van der Waals surface area contributed by atoms with Crippen molar-refractivity contribution in [3.05, 3.63) is 53.4 Å². The number of rotatable bonds is 10. The van der Waals surface area contributed by atoms with Gasteiger partial charge in [-0.25, -0.2) is 4.79 Å². The molecule has 1 N–H and O–H groups in total. The molecule has 0 unspecified atom stereocenters. The van der Waals surface area contributed by atoms with Gasteiger partial charge in [-0.05, 0) is 24.6 Å². The maximum absolute atomic E-state index is 12.6. The molecule has 1 amide bonds. The van der Waals surface area contributed by atoms with Crippen LogP contribution in [0.25, 0.3) is 11.4 Å². The Kier molecular flexibility index (Phi) is 8.07. The minimum atomic E-state index is -0.474. The summed E-state index contributed by atoms with van der Waals surface area (Å²) >= 11 is 2.63. The lowest BCUT2D eigenvalue weighted by Crippen LogP contribution is -2.16. The van der Waals surface area contributed by atoms with Gasteiger partial charge in [0.05, 0.1) is 25.5 Å². The summed E-state index contributed by atoms with van der Waals surface area (Å²) in [6, 6.07) is 9.28. The van der Waals surface area contributed by atoms with E-state index in [0.717, 1.165) is 16.9 Å². The van der Waals surface area contributed by atoms with Crippen molar-refractivity contribution in [2.45, 2.75) is 25.0 Å². The molecule has 0 spiro atoms. The molecule has 0 bridgehead atoms. The summed E-state index contributed by atoms with van der Waals surface area (Å²) in [5, 5.41) is 12.5. The van der Waals surface area contributed by atoms with Crippen LogP contribution < -0.4 is 10.1 Å². The summed E-state index contributed by atoms with van der Waals surface area (Å²) in [6.07, 6.45) is 2.51. The molecule has 0 fully saturated rings. The number of carbonyl (C=O) groups excluding carboxylic acids is 2. The van der Waals surface area contributed by atoms with Gasteiger partial charge in [0.25, 0.3) is 0 Å². The van der Waals surface area contributed by atoms with E-state index < -0.39 is 5.97 Å². The molecule has 0 aliphatic rings. The number of hydrogen-bond acceptors (Lipinski definition) is 8. The molecular formula is C22H24N4O4S2. The molecule has 10 heteroatoms. The fourth-order valence-corrected chi connectivity index (χ4v) is 4.68. The van der Waals surface area contributed by atoms with Gasteiger partial charge >= 0.3 is 5.97 Å². The molecule has 0 aliphatic carbocycles. The van der Waals surface area contributed by atoms with Gasteiger partial charge in [0.2, 0.25) is 5.91 Å². The van der Waals surface area contributed by atoms with Gasteiger partial charge in [-0.1, -0.05) is 36.9 Å². The van der Waals surface area contributed by atoms with E-state index in [0.29, 0.717) is 33.8 Å². The fourth-order valence-electron chi connectivity index (χ4n) is 2.93. The quantitative estimate of drug-likeness (QED) is 0.267. The van der Waals surface area contributed by atoms with E-state index in [1.165, 1.54) is 30.2 Å². The molecule has 168 valence electrons. The lowest BCUT2D eigenvalue weighted by atomic mass is 10.2. The number of benzene rings is 1. The van der Waals surface area contributed by atoms with Crippen molar-refractivity contribution >= 4 is 40.0 Å². The SMILES string of the molecule is C=CCn1c(SCC(=O)Nc2sc(CC)cc2C(=O)OC)nnc1-c1cccc(OC)c1. The monoisotopic (exact) mass is 472 g/mol. The first-order valence-electron chi connectivity index (χ1n) is 9.82. The Balaban J connectivity index is 1.75. The third kappa shape index (κ3) is 5.38. The van der Waals surface area contributed by atoms with E-state index in [1.807, 2.05) is 35.8 Å². The van der Waals surface area contributed by atoms with Gasteiger partial charge in [0.1, 0.15) is 10.8 Å². The van der Waals surface area contributed by atoms with Crippen molar-refractivity contribution in [3.63, 3.8) is 0 Å². The Morgan fingerprint density at radius 2 is 2.09 bits per heavy atom. The number of aryl methyl sites for hydroxylation is 1. The summed E-state index contributed by atoms with van der Waals surface area (Å²) in [6.45, 7) is 6.28. The van der Waals surface area contributed by atoms with Crippen LogP contribution in [0.5, 0.6) is 5.75 Å². The van der Waals surface area contributed by atoms with Crippen molar-refractivity contribution in [1.29, 1.82) is 0 Å². The average Bonchev–Trinajstić information content (AvgIpc) is 3.41. The third-order valence-corrected chi connectivity index (χ3v) is 6.64. The highest BCUT2D eigenvalue weighted by molar-refractivity contribution is 7.99. The second-order valence-corrected chi connectivity index (χ2v) is 8.65. The molecule has 0 saturated carbocycles. The fraction of sp³-hybridized carbons (Fsp3) is 0.273. The number of anilines is 1. The molecular weight excluding hydrogens is 448 g/mol. The van der Waals surface area contributed by atoms with Crippen LogP contribution in [0.3, 0.4) is 0 Å². The van der Waals surface area contributed by atoms with Crippen LogP contribution in [0, 0.1) is 0 Å². The molecule has 2 heterocycles. The van der Waals surface area contributed by atoms with E-state index >= 15 is 0 Å². The van der Waals surface area contributed by atoms with Crippen molar-refractivity contribution in [1.82, 2.24) is 14.8 Å². The number of ether oxygens (including phenoxy) is 2. The number of thioether (sulfide) groups is 1. The molecule has 1 aromatic carbocycles. The zero-order valence-corrected chi connectivity index (χ0v) is 19.7. The highest BCUT2D eigenvalue weighted by atomic mass is 32.2. The largest absolute Gasteiger partial charge is 0.497 e.